The van der Waals surface area contributed by atoms with Crippen LogP contribution in [0, 0.1) is 11.6 Å². The van der Waals surface area contributed by atoms with E-state index < -0.39 is 0 Å². The summed E-state index contributed by atoms with van der Waals surface area (Å²) in [6.07, 6.45) is 9.28. The lowest BCUT2D eigenvalue weighted by molar-refractivity contribution is 0.438. The first-order valence-corrected chi connectivity index (χ1v) is 7.70. The van der Waals surface area contributed by atoms with Crippen LogP contribution in [-0.4, -0.2) is 0 Å². The SMILES string of the molecule is CCCCCc1c(F)cc(C2CCCCC2)cc1F. The molecular weight excluding hydrogens is 242 g/mol. The number of halogens is 2. The fourth-order valence-electron chi connectivity index (χ4n) is 3.08. The lowest BCUT2D eigenvalue weighted by Crippen LogP contribution is -2.07. The molecule has 0 bridgehead atoms. The Morgan fingerprint density at radius 2 is 1.63 bits per heavy atom. The van der Waals surface area contributed by atoms with Crippen LogP contribution in [0.15, 0.2) is 12.1 Å². The topological polar surface area (TPSA) is 0 Å². The molecule has 0 nitrogen and oxygen atoms in total. The quantitative estimate of drug-likeness (QED) is 0.596. The Morgan fingerprint density at radius 3 is 2.21 bits per heavy atom. The second-order valence-corrected chi connectivity index (χ2v) is 5.76. The van der Waals surface area contributed by atoms with Crippen LogP contribution < -0.4 is 0 Å². The molecular formula is C17H24F2. The van der Waals surface area contributed by atoms with Crippen LogP contribution in [-0.2, 0) is 6.42 Å². The number of benzene rings is 1. The van der Waals surface area contributed by atoms with Crippen molar-refractivity contribution in [2.24, 2.45) is 0 Å². The van der Waals surface area contributed by atoms with Crippen molar-refractivity contribution in [1.29, 1.82) is 0 Å². The average molecular weight is 266 g/mol. The van der Waals surface area contributed by atoms with Gasteiger partial charge in [-0.05, 0) is 49.3 Å². The lowest BCUT2D eigenvalue weighted by Gasteiger charge is -2.22. The summed E-state index contributed by atoms with van der Waals surface area (Å²) in [6.45, 7) is 2.10. The van der Waals surface area contributed by atoms with Crippen molar-refractivity contribution in [3.8, 4) is 0 Å². The second-order valence-electron chi connectivity index (χ2n) is 5.76. The van der Waals surface area contributed by atoms with Crippen LogP contribution in [0.2, 0.25) is 0 Å². The largest absolute Gasteiger partial charge is 0.207 e. The van der Waals surface area contributed by atoms with E-state index in [0.29, 0.717) is 12.3 Å². The molecule has 1 aromatic rings. The van der Waals surface area contributed by atoms with Gasteiger partial charge in [0.15, 0.2) is 0 Å². The summed E-state index contributed by atoms with van der Waals surface area (Å²) in [5.41, 5.74) is 1.15. The maximum atomic E-state index is 14.1. The fraction of sp³-hybridized carbons (Fsp3) is 0.647. The minimum atomic E-state index is -0.336. The first-order chi connectivity index (χ1) is 9.22. The number of hydrogen-bond acceptors (Lipinski definition) is 0. The highest BCUT2D eigenvalue weighted by atomic mass is 19.1. The van der Waals surface area contributed by atoms with Gasteiger partial charge in [0.1, 0.15) is 11.6 Å². The summed E-state index contributed by atoms with van der Waals surface area (Å²) in [7, 11) is 0. The summed E-state index contributed by atoms with van der Waals surface area (Å²) >= 11 is 0. The average Bonchev–Trinajstić information content (AvgIpc) is 2.43. The Hall–Kier alpha value is -0.920. The molecule has 2 rings (SSSR count). The van der Waals surface area contributed by atoms with Crippen molar-refractivity contribution >= 4 is 0 Å². The summed E-state index contributed by atoms with van der Waals surface area (Å²) < 4.78 is 28.1. The normalized spacial score (nSPS) is 16.8. The van der Waals surface area contributed by atoms with E-state index in [1.54, 1.807) is 12.1 Å². The summed E-state index contributed by atoms with van der Waals surface area (Å²) in [4.78, 5) is 0. The number of unbranched alkanes of at least 4 members (excludes halogenated alkanes) is 2. The van der Waals surface area contributed by atoms with Gasteiger partial charge in [-0.15, -0.1) is 0 Å². The van der Waals surface area contributed by atoms with Crippen molar-refractivity contribution in [2.75, 3.05) is 0 Å². The van der Waals surface area contributed by atoms with Gasteiger partial charge in [-0.2, -0.15) is 0 Å². The molecule has 0 heterocycles. The zero-order chi connectivity index (χ0) is 13.7. The Balaban J connectivity index is 2.11. The van der Waals surface area contributed by atoms with Crippen molar-refractivity contribution in [3.05, 3.63) is 34.9 Å². The summed E-state index contributed by atoms with van der Waals surface area (Å²) in [6, 6.07) is 3.17. The maximum absolute atomic E-state index is 14.1. The molecule has 19 heavy (non-hydrogen) atoms. The molecule has 1 fully saturated rings. The molecule has 1 saturated carbocycles. The zero-order valence-corrected chi connectivity index (χ0v) is 11.9. The Kier molecular flexibility index (Phi) is 5.35. The highest BCUT2D eigenvalue weighted by Gasteiger charge is 2.19. The molecule has 0 atom stereocenters. The Labute approximate surface area is 115 Å². The van der Waals surface area contributed by atoms with E-state index >= 15 is 0 Å². The van der Waals surface area contributed by atoms with E-state index in [1.807, 2.05) is 0 Å². The zero-order valence-electron chi connectivity index (χ0n) is 11.9. The van der Waals surface area contributed by atoms with Gasteiger partial charge in [-0.3, -0.25) is 0 Å². The fourth-order valence-corrected chi connectivity index (χ4v) is 3.08. The maximum Gasteiger partial charge on any atom is 0.129 e. The van der Waals surface area contributed by atoms with Crippen LogP contribution in [0.25, 0.3) is 0 Å². The molecule has 1 aromatic carbocycles. The van der Waals surface area contributed by atoms with Crippen LogP contribution in [0.5, 0.6) is 0 Å². The van der Waals surface area contributed by atoms with Crippen LogP contribution in [0.3, 0.4) is 0 Å². The van der Waals surface area contributed by atoms with Crippen molar-refractivity contribution in [2.45, 2.75) is 70.6 Å². The van der Waals surface area contributed by atoms with Gasteiger partial charge >= 0.3 is 0 Å². The van der Waals surface area contributed by atoms with E-state index in [0.717, 1.165) is 37.7 Å². The smallest absolute Gasteiger partial charge is 0.129 e. The van der Waals surface area contributed by atoms with Gasteiger partial charge in [0, 0.05) is 5.56 Å². The predicted octanol–water partition coefficient (Wildman–Crippen LogP) is 5.75. The molecule has 0 aromatic heterocycles. The highest BCUT2D eigenvalue weighted by Crippen LogP contribution is 2.34. The monoisotopic (exact) mass is 266 g/mol. The van der Waals surface area contributed by atoms with E-state index in [4.69, 9.17) is 0 Å². The Bertz CT molecular complexity index is 383. The lowest BCUT2D eigenvalue weighted by atomic mass is 9.83. The van der Waals surface area contributed by atoms with Crippen LogP contribution in [0.1, 0.15) is 75.3 Å². The molecule has 106 valence electrons. The van der Waals surface area contributed by atoms with Crippen molar-refractivity contribution in [1.82, 2.24) is 0 Å². The van der Waals surface area contributed by atoms with Gasteiger partial charge in [0.2, 0.25) is 0 Å². The van der Waals surface area contributed by atoms with Crippen molar-refractivity contribution < 1.29 is 8.78 Å². The molecule has 0 saturated heterocycles. The molecule has 0 unspecified atom stereocenters. The van der Waals surface area contributed by atoms with E-state index in [1.165, 1.54) is 19.3 Å². The third kappa shape index (κ3) is 3.77. The second kappa shape index (κ2) is 7.02. The third-order valence-electron chi connectivity index (χ3n) is 4.27. The predicted molar refractivity (Wildman–Crippen MR) is 75.4 cm³/mol. The Morgan fingerprint density at radius 1 is 1.00 bits per heavy atom. The first kappa shape index (κ1) is 14.5. The van der Waals surface area contributed by atoms with E-state index in [-0.39, 0.29) is 17.2 Å². The molecule has 0 aliphatic heterocycles. The van der Waals surface area contributed by atoms with Crippen molar-refractivity contribution in [3.63, 3.8) is 0 Å². The summed E-state index contributed by atoms with van der Waals surface area (Å²) in [5, 5.41) is 0. The molecule has 0 radical (unpaired) electrons. The summed E-state index contributed by atoms with van der Waals surface area (Å²) in [5.74, 6) is -0.309. The molecule has 1 aliphatic carbocycles. The minimum Gasteiger partial charge on any atom is -0.207 e. The standard InChI is InChI=1S/C17H24F2/c1-2-3-5-10-15-16(18)11-14(12-17(15)19)13-8-6-4-7-9-13/h11-13H,2-10H2,1H3. The highest BCUT2D eigenvalue weighted by molar-refractivity contribution is 5.29. The first-order valence-electron chi connectivity index (χ1n) is 7.70. The van der Waals surface area contributed by atoms with Gasteiger partial charge in [-0.25, -0.2) is 8.78 Å². The molecule has 0 spiro atoms. The van der Waals surface area contributed by atoms with Gasteiger partial charge < -0.3 is 0 Å². The minimum absolute atomic E-state index is 0.285. The molecule has 2 heteroatoms. The molecule has 0 N–H and O–H groups in total. The number of rotatable bonds is 5. The van der Waals surface area contributed by atoms with Gasteiger partial charge in [0.25, 0.3) is 0 Å². The van der Waals surface area contributed by atoms with Gasteiger partial charge in [-0.1, -0.05) is 39.0 Å². The van der Waals surface area contributed by atoms with Crippen LogP contribution in [0.4, 0.5) is 8.78 Å². The molecule has 1 aliphatic rings. The van der Waals surface area contributed by atoms with E-state index in [2.05, 4.69) is 6.92 Å². The molecule has 0 amide bonds. The van der Waals surface area contributed by atoms with E-state index in [9.17, 15) is 8.78 Å². The number of hydrogen-bond donors (Lipinski definition) is 0. The van der Waals surface area contributed by atoms with Gasteiger partial charge in [0.05, 0.1) is 0 Å². The van der Waals surface area contributed by atoms with Crippen LogP contribution >= 0.6 is 0 Å². The third-order valence-corrected chi connectivity index (χ3v) is 4.27.